The predicted molar refractivity (Wildman–Crippen MR) is 53.4 cm³/mol. The van der Waals surface area contributed by atoms with E-state index < -0.39 is 11.8 Å². The molecular weight excluding hydrogens is 199 g/mol. The molecule has 15 heavy (non-hydrogen) atoms. The summed E-state index contributed by atoms with van der Waals surface area (Å²) in [5.41, 5.74) is 0.600. The van der Waals surface area contributed by atoms with Gasteiger partial charge in [-0.05, 0) is 17.7 Å². The van der Waals surface area contributed by atoms with Gasteiger partial charge in [0.2, 0.25) is 0 Å². The van der Waals surface area contributed by atoms with Crippen LogP contribution in [-0.2, 0) is 14.3 Å². The van der Waals surface area contributed by atoms with Crippen LogP contribution in [0.15, 0.2) is 30.5 Å². The van der Waals surface area contributed by atoms with Crippen molar-refractivity contribution in [2.75, 3.05) is 14.2 Å². The third kappa shape index (κ3) is 2.80. The fraction of sp³-hybridized carbons (Fsp3) is 0.182. The maximum Gasteiger partial charge on any atom is 0.341 e. The first-order valence-electron chi connectivity index (χ1n) is 4.26. The van der Waals surface area contributed by atoms with Gasteiger partial charge in [0, 0.05) is 0 Å². The Balaban J connectivity index is 3.10. The Morgan fingerprint density at radius 1 is 1.40 bits per heavy atom. The lowest BCUT2D eigenvalue weighted by molar-refractivity contribution is -0.133. The molecule has 0 amide bonds. The summed E-state index contributed by atoms with van der Waals surface area (Å²) in [7, 11) is 2.66. The van der Waals surface area contributed by atoms with Crippen LogP contribution in [0.1, 0.15) is 5.56 Å². The summed E-state index contributed by atoms with van der Waals surface area (Å²) in [5, 5.41) is 0. The first-order valence-corrected chi connectivity index (χ1v) is 4.26. The smallest absolute Gasteiger partial charge is 0.341 e. The number of carbonyl (C=O) groups is 1. The summed E-state index contributed by atoms with van der Waals surface area (Å²) in [5.74, 6) is -0.985. The zero-order valence-corrected chi connectivity index (χ0v) is 8.49. The van der Waals surface area contributed by atoms with Crippen LogP contribution in [0.5, 0.6) is 0 Å². The number of methoxy groups -OCH3 is 2. The predicted octanol–water partition coefficient (Wildman–Crippen LogP) is 1.99. The van der Waals surface area contributed by atoms with Crippen LogP contribution in [0.2, 0.25) is 0 Å². The van der Waals surface area contributed by atoms with E-state index in [1.54, 1.807) is 6.07 Å². The molecule has 1 rings (SSSR count). The molecule has 80 valence electrons. The standard InChI is InChI=1S/C11H11FO3/c1-14-7-10(11(13)15-2)8-4-3-5-9(12)6-8/h3-7H,1-2H3/b10-7-. The van der Waals surface area contributed by atoms with Crippen molar-refractivity contribution < 1.29 is 18.7 Å². The first kappa shape index (κ1) is 11.2. The third-order valence-corrected chi connectivity index (χ3v) is 1.78. The number of hydrogen-bond acceptors (Lipinski definition) is 3. The van der Waals surface area contributed by atoms with Crippen molar-refractivity contribution in [1.29, 1.82) is 0 Å². The van der Waals surface area contributed by atoms with E-state index in [0.29, 0.717) is 5.56 Å². The molecule has 0 aromatic heterocycles. The minimum Gasteiger partial charge on any atom is -0.503 e. The summed E-state index contributed by atoms with van der Waals surface area (Å²) in [6.45, 7) is 0. The Bertz CT molecular complexity index is 385. The van der Waals surface area contributed by atoms with E-state index in [2.05, 4.69) is 4.74 Å². The van der Waals surface area contributed by atoms with Crippen molar-refractivity contribution in [2.24, 2.45) is 0 Å². The highest BCUT2D eigenvalue weighted by Gasteiger charge is 2.13. The van der Waals surface area contributed by atoms with Gasteiger partial charge in [0.05, 0.1) is 20.5 Å². The minimum atomic E-state index is -0.567. The van der Waals surface area contributed by atoms with Gasteiger partial charge in [-0.25, -0.2) is 9.18 Å². The number of hydrogen-bond donors (Lipinski definition) is 0. The van der Waals surface area contributed by atoms with E-state index in [-0.39, 0.29) is 5.57 Å². The van der Waals surface area contributed by atoms with Crippen molar-refractivity contribution in [3.05, 3.63) is 41.9 Å². The number of carbonyl (C=O) groups excluding carboxylic acids is 1. The SMILES string of the molecule is CO/C=C(\C(=O)OC)c1cccc(F)c1. The van der Waals surface area contributed by atoms with Gasteiger partial charge in [0.1, 0.15) is 11.4 Å². The summed E-state index contributed by atoms with van der Waals surface area (Å²) < 4.78 is 22.2. The highest BCUT2D eigenvalue weighted by Crippen LogP contribution is 2.16. The minimum absolute atomic E-state index is 0.180. The second-order valence-electron chi connectivity index (χ2n) is 2.77. The van der Waals surface area contributed by atoms with Crippen LogP contribution in [0, 0.1) is 5.82 Å². The molecule has 0 spiro atoms. The quantitative estimate of drug-likeness (QED) is 0.434. The Morgan fingerprint density at radius 3 is 2.67 bits per heavy atom. The zero-order chi connectivity index (χ0) is 11.3. The van der Waals surface area contributed by atoms with Gasteiger partial charge < -0.3 is 9.47 Å². The van der Waals surface area contributed by atoms with Crippen LogP contribution in [0.25, 0.3) is 5.57 Å². The van der Waals surface area contributed by atoms with Gasteiger partial charge in [0.25, 0.3) is 0 Å². The molecular formula is C11H11FO3. The largest absolute Gasteiger partial charge is 0.503 e. The Labute approximate surface area is 87.1 Å². The summed E-state index contributed by atoms with van der Waals surface area (Å²) >= 11 is 0. The van der Waals surface area contributed by atoms with E-state index in [9.17, 15) is 9.18 Å². The number of halogens is 1. The number of rotatable bonds is 3. The molecule has 1 aromatic carbocycles. The molecule has 0 fully saturated rings. The van der Waals surface area contributed by atoms with Crippen LogP contribution >= 0.6 is 0 Å². The third-order valence-electron chi connectivity index (χ3n) is 1.78. The van der Waals surface area contributed by atoms with Crippen molar-refractivity contribution in [3.63, 3.8) is 0 Å². The number of ether oxygens (including phenoxy) is 2. The molecule has 0 radical (unpaired) electrons. The van der Waals surface area contributed by atoms with Gasteiger partial charge in [-0.3, -0.25) is 0 Å². The highest BCUT2D eigenvalue weighted by atomic mass is 19.1. The lowest BCUT2D eigenvalue weighted by Gasteiger charge is -2.05. The molecule has 0 bridgehead atoms. The van der Waals surface area contributed by atoms with E-state index in [1.165, 1.54) is 38.7 Å². The van der Waals surface area contributed by atoms with Crippen LogP contribution in [0.3, 0.4) is 0 Å². The van der Waals surface area contributed by atoms with E-state index >= 15 is 0 Å². The van der Waals surface area contributed by atoms with Crippen molar-refractivity contribution in [1.82, 2.24) is 0 Å². The van der Waals surface area contributed by atoms with Crippen molar-refractivity contribution >= 4 is 11.5 Å². The van der Waals surface area contributed by atoms with Gasteiger partial charge in [-0.1, -0.05) is 12.1 Å². The molecule has 0 aliphatic carbocycles. The molecule has 3 nitrogen and oxygen atoms in total. The molecule has 4 heteroatoms. The normalized spacial score (nSPS) is 11.0. The molecule has 0 aliphatic heterocycles. The Hall–Kier alpha value is -1.84. The lowest BCUT2D eigenvalue weighted by atomic mass is 10.1. The van der Waals surface area contributed by atoms with Crippen LogP contribution in [-0.4, -0.2) is 20.2 Å². The second kappa shape index (κ2) is 5.14. The van der Waals surface area contributed by atoms with E-state index in [4.69, 9.17) is 4.74 Å². The molecule has 0 N–H and O–H groups in total. The highest BCUT2D eigenvalue weighted by molar-refractivity contribution is 6.16. The number of benzene rings is 1. The Kier molecular flexibility index (Phi) is 3.85. The fourth-order valence-corrected chi connectivity index (χ4v) is 1.12. The first-order chi connectivity index (χ1) is 7.19. The lowest BCUT2D eigenvalue weighted by Crippen LogP contribution is -2.04. The van der Waals surface area contributed by atoms with Crippen molar-refractivity contribution in [3.8, 4) is 0 Å². The summed E-state index contributed by atoms with van der Waals surface area (Å²) in [6, 6.07) is 5.65. The molecule has 0 aliphatic rings. The molecule has 0 unspecified atom stereocenters. The van der Waals surface area contributed by atoms with Gasteiger partial charge in [0.15, 0.2) is 0 Å². The maximum atomic E-state index is 12.9. The topological polar surface area (TPSA) is 35.5 Å². The monoisotopic (exact) mass is 210 g/mol. The molecule has 0 saturated carbocycles. The molecule has 1 aromatic rings. The van der Waals surface area contributed by atoms with Gasteiger partial charge >= 0.3 is 5.97 Å². The van der Waals surface area contributed by atoms with Crippen LogP contribution in [0.4, 0.5) is 4.39 Å². The number of esters is 1. The average molecular weight is 210 g/mol. The second-order valence-corrected chi connectivity index (χ2v) is 2.77. The van der Waals surface area contributed by atoms with Crippen molar-refractivity contribution in [2.45, 2.75) is 0 Å². The van der Waals surface area contributed by atoms with Gasteiger partial charge in [-0.15, -0.1) is 0 Å². The Morgan fingerprint density at radius 2 is 2.13 bits per heavy atom. The fourth-order valence-electron chi connectivity index (χ4n) is 1.12. The summed E-state index contributed by atoms with van der Waals surface area (Å²) in [6.07, 6.45) is 1.22. The zero-order valence-electron chi connectivity index (χ0n) is 8.49. The van der Waals surface area contributed by atoms with Crippen LogP contribution < -0.4 is 0 Å². The molecule has 0 atom stereocenters. The van der Waals surface area contributed by atoms with E-state index in [0.717, 1.165) is 0 Å². The maximum absolute atomic E-state index is 12.9. The summed E-state index contributed by atoms with van der Waals surface area (Å²) in [4.78, 5) is 11.3. The van der Waals surface area contributed by atoms with Gasteiger partial charge in [-0.2, -0.15) is 0 Å². The molecule has 0 heterocycles. The van der Waals surface area contributed by atoms with E-state index in [1.807, 2.05) is 0 Å². The average Bonchev–Trinajstić information content (AvgIpc) is 2.25. The molecule has 0 saturated heterocycles.